The average Bonchev–Trinajstić information content (AvgIpc) is 2.27. The van der Waals surface area contributed by atoms with Crippen LogP contribution in [0, 0.1) is 16.0 Å². The van der Waals surface area contributed by atoms with Crippen molar-refractivity contribution in [2.24, 2.45) is 5.92 Å². The highest BCUT2D eigenvalue weighted by Crippen LogP contribution is 2.29. The Morgan fingerprint density at radius 1 is 1.47 bits per heavy atom. The van der Waals surface area contributed by atoms with Gasteiger partial charge in [-0.05, 0) is 5.92 Å². The van der Waals surface area contributed by atoms with Crippen molar-refractivity contribution in [3.63, 3.8) is 0 Å². The van der Waals surface area contributed by atoms with Gasteiger partial charge in [0.25, 0.3) is 0 Å². The lowest BCUT2D eigenvalue weighted by atomic mass is 10.1. The van der Waals surface area contributed by atoms with E-state index in [9.17, 15) is 10.1 Å². The minimum Gasteiger partial charge on any atom is -0.383 e. The first-order valence-corrected chi connectivity index (χ1v) is 6.27. The van der Waals surface area contributed by atoms with Gasteiger partial charge in [-0.3, -0.25) is 10.1 Å². The fourth-order valence-corrected chi connectivity index (χ4v) is 1.74. The van der Waals surface area contributed by atoms with E-state index in [-0.39, 0.29) is 16.7 Å². The Morgan fingerprint density at radius 3 is 2.68 bits per heavy atom. The number of anilines is 1. The molecular weight excluding hydrogens is 272 g/mol. The first kappa shape index (κ1) is 15.6. The number of methoxy groups -OCH3 is 1. The van der Waals surface area contributed by atoms with Gasteiger partial charge in [0.2, 0.25) is 11.0 Å². The summed E-state index contributed by atoms with van der Waals surface area (Å²) in [6.45, 7) is 4.84. The molecule has 19 heavy (non-hydrogen) atoms. The molecule has 0 aliphatic carbocycles. The largest absolute Gasteiger partial charge is 0.383 e. The molecule has 0 radical (unpaired) electrons. The number of ether oxygens (including phenoxy) is 1. The van der Waals surface area contributed by atoms with Crippen LogP contribution in [0.15, 0.2) is 0 Å². The van der Waals surface area contributed by atoms with Gasteiger partial charge in [0, 0.05) is 20.1 Å². The van der Waals surface area contributed by atoms with Crippen molar-refractivity contribution in [2.45, 2.75) is 20.3 Å². The third-order valence-electron chi connectivity index (χ3n) is 2.26. The monoisotopic (exact) mass is 288 g/mol. The minimum atomic E-state index is -0.587. The van der Waals surface area contributed by atoms with Crippen LogP contribution in [0.3, 0.4) is 0 Å². The van der Waals surface area contributed by atoms with Gasteiger partial charge >= 0.3 is 5.69 Å². The maximum atomic E-state index is 11.0. The molecule has 1 N–H and O–H groups in total. The zero-order valence-electron chi connectivity index (χ0n) is 11.1. The van der Waals surface area contributed by atoms with Crippen LogP contribution in [0.25, 0.3) is 0 Å². The number of hydrogen-bond acceptors (Lipinski definition) is 6. The number of hydrogen-bond donors (Lipinski definition) is 1. The second-order valence-electron chi connectivity index (χ2n) is 4.40. The highest BCUT2D eigenvalue weighted by atomic mass is 35.5. The zero-order chi connectivity index (χ0) is 14.4. The van der Waals surface area contributed by atoms with Gasteiger partial charge in [-0.1, -0.05) is 25.4 Å². The molecule has 0 fully saturated rings. The summed E-state index contributed by atoms with van der Waals surface area (Å²) >= 11 is 5.86. The molecule has 0 aliphatic rings. The van der Waals surface area contributed by atoms with Crippen molar-refractivity contribution < 1.29 is 9.66 Å². The Morgan fingerprint density at radius 2 is 2.16 bits per heavy atom. The Kier molecular flexibility index (Phi) is 5.91. The van der Waals surface area contributed by atoms with E-state index in [4.69, 9.17) is 16.3 Å². The van der Waals surface area contributed by atoms with Crippen LogP contribution in [0.5, 0.6) is 0 Å². The molecule has 106 valence electrons. The first-order valence-electron chi connectivity index (χ1n) is 5.89. The first-order chi connectivity index (χ1) is 8.95. The van der Waals surface area contributed by atoms with E-state index in [0.29, 0.717) is 31.3 Å². The molecule has 0 aliphatic heterocycles. The number of nitro groups is 1. The maximum absolute atomic E-state index is 11.0. The third-order valence-corrected chi connectivity index (χ3v) is 2.52. The number of rotatable bonds is 7. The van der Waals surface area contributed by atoms with Crippen molar-refractivity contribution in [3.05, 3.63) is 21.1 Å². The molecule has 0 saturated carbocycles. The smallest absolute Gasteiger partial charge is 0.348 e. The molecule has 0 amide bonds. The molecule has 0 aromatic carbocycles. The zero-order valence-corrected chi connectivity index (χ0v) is 11.9. The summed E-state index contributed by atoms with van der Waals surface area (Å²) in [5, 5.41) is 13.7. The molecule has 7 nitrogen and oxygen atoms in total. The van der Waals surface area contributed by atoms with Crippen molar-refractivity contribution >= 4 is 23.1 Å². The number of nitrogens with zero attached hydrogens (tertiary/aromatic N) is 3. The summed E-state index contributed by atoms with van der Waals surface area (Å²) in [5.74, 6) is 0.965. The van der Waals surface area contributed by atoms with Crippen molar-refractivity contribution in [1.29, 1.82) is 0 Å². The molecule has 1 heterocycles. The van der Waals surface area contributed by atoms with Gasteiger partial charge in [-0.15, -0.1) is 0 Å². The lowest BCUT2D eigenvalue weighted by Gasteiger charge is -2.09. The van der Waals surface area contributed by atoms with Crippen LogP contribution >= 0.6 is 11.6 Å². The van der Waals surface area contributed by atoms with Crippen molar-refractivity contribution in [3.8, 4) is 0 Å². The minimum absolute atomic E-state index is 0.137. The fraction of sp³-hybridized carbons (Fsp3) is 0.636. The van der Waals surface area contributed by atoms with E-state index >= 15 is 0 Å². The van der Waals surface area contributed by atoms with E-state index in [1.54, 1.807) is 7.11 Å². The Hall–Kier alpha value is -1.47. The third kappa shape index (κ3) is 4.60. The van der Waals surface area contributed by atoms with Gasteiger partial charge < -0.3 is 10.1 Å². The van der Waals surface area contributed by atoms with Crippen LogP contribution in [0.4, 0.5) is 11.5 Å². The lowest BCUT2D eigenvalue weighted by Crippen LogP contribution is -2.13. The van der Waals surface area contributed by atoms with Gasteiger partial charge in [0.05, 0.1) is 11.5 Å². The highest BCUT2D eigenvalue weighted by molar-refractivity contribution is 6.31. The van der Waals surface area contributed by atoms with Crippen molar-refractivity contribution in [1.82, 2.24) is 9.97 Å². The van der Waals surface area contributed by atoms with E-state index in [1.165, 1.54) is 0 Å². The molecule has 0 spiro atoms. The summed E-state index contributed by atoms with van der Waals surface area (Å²) in [6, 6.07) is 0. The molecule has 1 aromatic heterocycles. The molecule has 8 heteroatoms. The average molecular weight is 289 g/mol. The molecule has 1 rings (SSSR count). The summed E-state index contributed by atoms with van der Waals surface area (Å²) in [5.41, 5.74) is -0.301. The molecule has 0 saturated heterocycles. The van der Waals surface area contributed by atoms with E-state index < -0.39 is 4.92 Å². The Labute approximate surface area is 116 Å². The standard InChI is InChI=1S/C11H17ClN4O3/c1-7(2)6-8-14-10(12)9(16(17)18)11(15-8)13-4-5-19-3/h7H,4-6H2,1-3H3,(H,13,14,15). The second kappa shape index (κ2) is 7.20. The molecule has 0 atom stereocenters. The maximum Gasteiger partial charge on any atom is 0.348 e. The van der Waals surface area contributed by atoms with Crippen LogP contribution < -0.4 is 5.32 Å². The topological polar surface area (TPSA) is 90.2 Å². The SMILES string of the molecule is COCCNc1nc(CC(C)C)nc(Cl)c1[N+](=O)[O-]. The van der Waals surface area contributed by atoms with Gasteiger partial charge in [0.1, 0.15) is 5.82 Å². The van der Waals surface area contributed by atoms with Gasteiger partial charge in [-0.25, -0.2) is 9.97 Å². The summed E-state index contributed by atoms with van der Waals surface area (Å²) in [4.78, 5) is 18.5. The van der Waals surface area contributed by atoms with Crippen LogP contribution in [0.1, 0.15) is 19.7 Å². The van der Waals surface area contributed by atoms with Gasteiger partial charge in [0.15, 0.2) is 0 Å². The Bertz CT molecular complexity index is 454. The lowest BCUT2D eigenvalue weighted by molar-refractivity contribution is -0.384. The summed E-state index contributed by atoms with van der Waals surface area (Å²) in [7, 11) is 1.55. The predicted molar refractivity (Wildman–Crippen MR) is 72.6 cm³/mol. The quantitative estimate of drug-likeness (QED) is 0.358. The molecular formula is C11H17ClN4O3. The van der Waals surface area contributed by atoms with Crippen LogP contribution in [0.2, 0.25) is 5.15 Å². The predicted octanol–water partition coefficient (Wildman–Crippen LogP) is 2.29. The van der Waals surface area contributed by atoms with Crippen molar-refractivity contribution in [2.75, 3.05) is 25.6 Å². The van der Waals surface area contributed by atoms with E-state index in [1.807, 2.05) is 13.8 Å². The number of halogens is 1. The van der Waals surface area contributed by atoms with Crippen LogP contribution in [-0.2, 0) is 11.2 Å². The van der Waals surface area contributed by atoms with Crippen LogP contribution in [-0.4, -0.2) is 35.2 Å². The molecule has 0 bridgehead atoms. The molecule has 0 unspecified atom stereocenters. The molecule has 1 aromatic rings. The van der Waals surface area contributed by atoms with E-state index in [2.05, 4.69) is 15.3 Å². The normalized spacial score (nSPS) is 10.8. The fourth-order valence-electron chi connectivity index (χ4n) is 1.48. The van der Waals surface area contributed by atoms with Gasteiger partial charge in [-0.2, -0.15) is 0 Å². The summed E-state index contributed by atoms with van der Waals surface area (Å²) in [6.07, 6.45) is 0.608. The number of nitrogens with one attached hydrogen (secondary N) is 1. The van der Waals surface area contributed by atoms with E-state index in [0.717, 1.165) is 0 Å². The second-order valence-corrected chi connectivity index (χ2v) is 4.76. The summed E-state index contributed by atoms with van der Waals surface area (Å²) < 4.78 is 4.88. The number of aromatic nitrogens is 2. The Balaban J connectivity index is 3.06. The highest BCUT2D eigenvalue weighted by Gasteiger charge is 2.23.